The summed E-state index contributed by atoms with van der Waals surface area (Å²) in [4.78, 5) is 11.2. The van der Waals surface area contributed by atoms with Gasteiger partial charge in [-0.05, 0) is 0 Å². The summed E-state index contributed by atoms with van der Waals surface area (Å²) in [5, 5.41) is 103. The molecule has 0 spiro atoms. The third-order valence-electron chi connectivity index (χ3n) is 6.54. The molecule has 0 aromatic heterocycles. The Labute approximate surface area is 210 Å². The van der Waals surface area contributed by atoms with Crippen molar-refractivity contribution in [2.45, 2.75) is 92.4 Å². The Kier molecular flexibility index (Phi) is 10.2. The summed E-state index contributed by atoms with van der Waals surface area (Å²) in [7, 11) is 0. The molecule has 3 rings (SSSR count). The number of nitrogens with one attached hydrogen (secondary N) is 1. The van der Waals surface area contributed by atoms with Crippen LogP contribution in [0.1, 0.15) is 6.92 Å². The van der Waals surface area contributed by atoms with Crippen LogP contribution in [0.15, 0.2) is 0 Å². The van der Waals surface area contributed by atoms with Crippen LogP contribution >= 0.6 is 0 Å². The largest absolute Gasteiger partial charge is 0.394 e. The van der Waals surface area contributed by atoms with Crippen molar-refractivity contribution in [3.05, 3.63) is 0 Å². The van der Waals surface area contributed by atoms with Gasteiger partial charge >= 0.3 is 0 Å². The Hall–Kier alpha value is -1.13. The monoisotopic (exact) mass is 545 g/mol. The van der Waals surface area contributed by atoms with Crippen LogP contribution in [0.4, 0.5) is 0 Å². The van der Waals surface area contributed by atoms with Gasteiger partial charge in [-0.25, -0.2) is 0 Å². The SMILES string of the molecule is CC(=O)NC[C@H]1O[C@@](CO)(O[C@H]2O[C@H](CO[C@H]3O[C@H](CO)[C@H](O)[C@H](O)[C@H]3O)[C@@H](O)[C@H](O)[C@H]2O)[C@@H](O)[C@@H]1O. The van der Waals surface area contributed by atoms with Crippen molar-refractivity contribution in [2.24, 2.45) is 0 Å². The number of carbonyl (C=O) groups excluding carboxylic acids is 1. The van der Waals surface area contributed by atoms with Gasteiger partial charge in [-0.3, -0.25) is 4.79 Å². The minimum absolute atomic E-state index is 0.260. The fourth-order valence-electron chi connectivity index (χ4n) is 4.27. The first-order chi connectivity index (χ1) is 17.4. The predicted octanol–water partition coefficient (Wildman–Crippen LogP) is -7.43. The Bertz CT molecular complexity index is 760. The van der Waals surface area contributed by atoms with Crippen LogP contribution in [0.25, 0.3) is 0 Å². The maximum absolute atomic E-state index is 11.2. The van der Waals surface area contributed by atoms with Crippen LogP contribution in [-0.4, -0.2) is 169 Å². The summed E-state index contributed by atoms with van der Waals surface area (Å²) in [6.45, 7) is -1.47. The lowest BCUT2D eigenvalue weighted by Crippen LogP contribution is -2.63. The lowest BCUT2D eigenvalue weighted by Gasteiger charge is -2.44. The average molecular weight is 545 g/mol. The minimum atomic E-state index is -2.36. The summed E-state index contributed by atoms with van der Waals surface area (Å²) >= 11 is 0. The highest BCUT2D eigenvalue weighted by molar-refractivity contribution is 5.72. The number of amides is 1. The Balaban J connectivity index is 1.69. The highest BCUT2D eigenvalue weighted by Crippen LogP contribution is 2.36. The number of hydrogen-bond donors (Lipinski definition) is 11. The number of carbonyl (C=O) groups is 1. The molecule has 0 aliphatic carbocycles. The number of ether oxygens (including phenoxy) is 5. The number of aliphatic hydroxyl groups is 10. The first kappa shape index (κ1) is 30.4. The molecule has 0 unspecified atom stereocenters. The smallest absolute Gasteiger partial charge is 0.224 e. The number of rotatable bonds is 9. The number of aliphatic hydroxyl groups excluding tert-OH is 10. The normalized spacial score (nSPS) is 48.7. The standard InChI is InChI=1S/C20H35NO16/c1-6(24)21-2-7-12(27)17(32)20(5-23,36-7)37-19-16(31)14(29)11(26)9(35-19)4-33-18-15(30)13(28)10(25)8(3-22)34-18/h7-19,22-23,25-32H,2-5H2,1H3,(H,21,24)/t7-,8-,9-,10+,11-,12-,13+,14+,15-,16-,17+,18+,19-,20+/m1/s1. The van der Waals surface area contributed by atoms with Crippen molar-refractivity contribution in [3.63, 3.8) is 0 Å². The summed E-state index contributed by atoms with van der Waals surface area (Å²) in [6.07, 6.45) is -21.7. The van der Waals surface area contributed by atoms with Crippen molar-refractivity contribution in [1.29, 1.82) is 0 Å². The zero-order valence-corrected chi connectivity index (χ0v) is 19.8. The molecule has 11 N–H and O–H groups in total. The molecule has 17 nitrogen and oxygen atoms in total. The van der Waals surface area contributed by atoms with Gasteiger partial charge in [-0.15, -0.1) is 0 Å². The van der Waals surface area contributed by atoms with E-state index in [1.165, 1.54) is 6.92 Å². The van der Waals surface area contributed by atoms with E-state index in [-0.39, 0.29) is 6.54 Å². The molecule has 3 saturated heterocycles. The summed E-state index contributed by atoms with van der Waals surface area (Å²) in [6, 6.07) is 0. The maximum atomic E-state index is 11.2. The molecule has 3 fully saturated rings. The van der Waals surface area contributed by atoms with Crippen molar-refractivity contribution in [3.8, 4) is 0 Å². The highest BCUT2D eigenvalue weighted by atomic mass is 16.8. The zero-order valence-electron chi connectivity index (χ0n) is 19.8. The third-order valence-corrected chi connectivity index (χ3v) is 6.54. The van der Waals surface area contributed by atoms with E-state index in [4.69, 9.17) is 23.7 Å². The van der Waals surface area contributed by atoms with Crippen molar-refractivity contribution in [1.82, 2.24) is 5.32 Å². The molecule has 0 bridgehead atoms. The van der Waals surface area contributed by atoms with Gasteiger partial charge < -0.3 is 80.1 Å². The predicted molar refractivity (Wildman–Crippen MR) is 113 cm³/mol. The van der Waals surface area contributed by atoms with E-state index in [0.29, 0.717) is 0 Å². The van der Waals surface area contributed by atoms with Crippen LogP contribution in [0.3, 0.4) is 0 Å². The van der Waals surface area contributed by atoms with Gasteiger partial charge in [0.05, 0.1) is 13.2 Å². The van der Waals surface area contributed by atoms with Crippen LogP contribution in [0.2, 0.25) is 0 Å². The van der Waals surface area contributed by atoms with Crippen LogP contribution in [0.5, 0.6) is 0 Å². The molecule has 3 heterocycles. The molecule has 1 amide bonds. The van der Waals surface area contributed by atoms with Crippen molar-refractivity contribution in [2.75, 3.05) is 26.4 Å². The van der Waals surface area contributed by atoms with E-state index in [1.54, 1.807) is 0 Å². The fraction of sp³-hybridized carbons (Fsp3) is 0.950. The van der Waals surface area contributed by atoms with Gasteiger partial charge in [0.2, 0.25) is 11.7 Å². The highest BCUT2D eigenvalue weighted by Gasteiger charge is 2.58. The minimum Gasteiger partial charge on any atom is -0.394 e. The number of hydrogen-bond acceptors (Lipinski definition) is 16. The third kappa shape index (κ3) is 6.21. The van der Waals surface area contributed by atoms with Gasteiger partial charge in [0.15, 0.2) is 12.6 Å². The summed E-state index contributed by atoms with van der Waals surface area (Å²) < 4.78 is 26.9. The van der Waals surface area contributed by atoms with Crippen LogP contribution in [0, 0.1) is 0 Å². The van der Waals surface area contributed by atoms with Crippen molar-refractivity contribution < 1.29 is 79.5 Å². The van der Waals surface area contributed by atoms with E-state index < -0.39 is 111 Å². The van der Waals surface area contributed by atoms with Gasteiger partial charge in [-0.2, -0.15) is 0 Å². The molecule has 0 saturated carbocycles. The van der Waals surface area contributed by atoms with Crippen LogP contribution < -0.4 is 5.32 Å². The molecule has 37 heavy (non-hydrogen) atoms. The Morgan fingerprint density at radius 2 is 1.35 bits per heavy atom. The second kappa shape index (κ2) is 12.4. The van der Waals surface area contributed by atoms with E-state index in [2.05, 4.69) is 5.32 Å². The first-order valence-corrected chi connectivity index (χ1v) is 11.6. The van der Waals surface area contributed by atoms with E-state index >= 15 is 0 Å². The van der Waals surface area contributed by atoms with Gasteiger partial charge in [0.25, 0.3) is 0 Å². The fourth-order valence-corrected chi connectivity index (χ4v) is 4.27. The molecule has 0 aromatic rings. The molecule has 0 radical (unpaired) electrons. The average Bonchev–Trinajstić information content (AvgIpc) is 3.11. The molecule has 14 atom stereocenters. The van der Waals surface area contributed by atoms with E-state index in [9.17, 15) is 55.9 Å². The lowest BCUT2D eigenvalue weighted by molar-refractivity contribution is -0.387. The second-order valence-electron chi connectivity index (χ2n) is 9.16. The van der Waals surface area contributed by atoms with Crippen LogP contribution in [-0.2, 0) is 28.5 Å². The molecular weight excluding hydrogens is 510 g/mol. The van der Waals surface area contributed by atoms with Gasteiger partial charge in [0, 0.05) is 13.5 Å². The Morgan fingerprint density at radius 1 is 0.784 bits per heavy atom. The van der Waals surface area contributed by atoms with E-state index in [0.717, 1.165) is 0 Å². The lowest BCUT2D eigenvalue weighted by atomic mass is 9.98. The quantitative estimate of drug-likeness (QED) is 0.128. The summed E-state index contributed by atoms with van der Waals surface area (Å²) in [5.74, 6) is -2.82. The Morgan fingerprint density at radius 3 is 1.92 bits per heavy atom. The van der Waals surface area contributed by atoms with E-state index in [1.807, 2.05) is 0 Å². The zero-order chi connectivity index (χ0) is 27.7. The maximum Gasteiger partial charge on any atom is 0.224 e. The summed E-state index contributed by atoms with van der Waals surface area (Å²) in [5.41, 5.74) is 0. The molecule has 0 aromatic carbocycles. The van der Waals surface area contributed by atoms with Gasteiger partial charge in [-0.1, -0.05) is 0 Å². The second-order valence-corrected chi connectivity index (χ2v) is 9.16. The first-order valence-electron chi connectivity index (χ1n) is 11.6. The topological polar surface area (TPSA) is 278 Å². The van der Waals surface area contributed by atoms with Crippen molar-refractivity contribution >= 4 is 5.91 Å². The molecule has 216 valence electrons. The molecular formula is C20H35NO16. The van der Waals surface area contributed by atoms with Gasteiger partial charge in [0.1, 0.15) is 73.8 Å². The molecule has 3 aliphatic heterocycles. The molecule has 3 aliphatic rings. The molecule has 17 heteroatoms.